The number of hydrogen-bond acceptors (Lipinski definition) is 3. The maximum atomic E-state index is 5.23. The first-order valence-electron chi connectivity index (χ1n) is 20.6. The Morgan fingerprint density at radius 1 is 0.417 bits per heavy atom. The van der Waals surface area contributed by atoms with Gasteiger partial charge in [0.2, 0.25) is 0 Å². The molecule has 4 nitrogen and oxygen atoms in total. The second kappa shape index (κ2) is 13.6. The zero-order valence-corrected chi connectivity index (χ0v) is 33.0. The summed E-state index contributed by atoms with van der Waals surface area (Å²) >= 11 is 0. The van der Waals surface area contributed by atoms with E-state index in [0.29, 0.717) is 0 Å². The Morgan fingerprint density at radius 2 is 1.02 bits per heavy atom. The number of benzene rings is 10. The second-order valence-electron chi connectivity index (χ2n) is 15.7. The quantitative estimate of drug-likeness (QED) is 0.161. The summed E-state index contributed by atoms with van der Waals surface area (Å²) in [6, 6.07) is 74.4. The lowest BCUT2D eigenvalue weighted by molar-refractivity contribution is 0.383. The van der Waals surface area contributed by atoms with E-state index in [9.17, 15) is 0 Å². The first kappa shape index (κ1) is 34.2. The summed E-state index contributed by atoms with van der Waals surface area (Å²) in [5, 5.41) is 12.5. The Kier molecular flexibility index (Phi) is 7.79. The van der Waals surface area contributed by atoms with Gasteiger partial charge >= 0.3 is 0 Å². The van der Waals surface area contributed by atoms with E-state index in [1.54, 1.807) is 0 Å². The Bertz CT molecular complexity index is 3530. The lowest BCUT2D eigenvalue weighted by atomic mass is 9.88. The molecule has 0 amide bonds. The van der Waals surface area contributed by atoms with Gasteiger partial charge in [-0.05, 0) is 74.0 Å². The van der Waals surface area contributed by atoms with Crippen molar-refractivity contribution >= 4 is 76.6 Å². The molecule has 2 heterocycles. The highest BCUT2D eigenvalue weighted by Gasteiger charge is 2.28. The highest BCUT2D eigenvalue weighted by atomic mass is 15.3. The molecule has 1 aromatic heterocycles. The molecule has 1 unspecified atom stereocenters. The van der Waals surface area contributed by atoms with Crippen LogP contribution in [0.2, 0.25) is 0 Å². The summed E-state index contributed by atoms with van der Waals surface area (Å²) in [4.78, 5) is 12.6. The van der Waals surface area contributed by atoms with Gasteiger partial charge in [-0.2, -0.15) is 0 Å². The van der Waals surface area contributed by atoms with Crippen LogP contribution in [0.1, 0.15) is 22.9 Å². The van der Waals surface area contributed by atoms with Crippen LogP contribution >= 0.6 is 0 Å². The highest BCUT2D eigenvalue weighted by Crippen LogP contribution is 2.48. The van der Waals surface area contributed by atoms with Gasteiger partial charge in [-0.1, -0.05) is 176 Å². The molecule has 0 bridgehead atoms. The molecule has 11 aromatic rings. The van der Waals surface area contributed by atoms with E-state index in [1.807, 2.05) is 18.2 Å². The van der Waals surface area contributed by atoms with Crippen LogP contribution in [-0.2, 0) is 0 Å². The fourth-order valence-corrected chi connectivity index (χ4v) is 9.66. The van der Waals surface area contributed by atoms with E-state index in [4.69, 9.17) is 9.98 Å². The fourth-order valence-electron chi connectivity index (χ4n) is 9.66. The molecule has 0 saturated carbocycles. The third-order valence-electron chi connectivity index (χ3n) is 12.4. The van der Waals surface area contributed by atoms with Crippen molar-refractivity contribution in [2.45, 2.75) is 6.17 Å². The van der Waals surface area contributed by atoms with Gasteiger partial charge in [0.05, 0.1) is 11.0 Å². The molecule has 282 valence electrons. The lowest BCUT2D eigenvalue weighted by Crippen LogP contribution is -2.35. The van der Waals surface area contributed by atoms with E-state index >= 15 is 0 Å². The van der Waals surface area contributed by atoms with Crippen molar-refractivity contribution in [1.82, 2.24) is 9.47 Å². The van der Waals surface area contributed by atoms with Crippen molar-refractivity contribution in [2.75, 3.05) is 7.05 Å². The van der Waals surface area contributed by atoms with Gasteiger partial charge in [0, 0.05) is 50.8 Å². The van der Waals surface area contributed by atoms with E-state index < -0.39 is 0 Å². The van der Waals surface area contributed by atoms with Crippen molar-refractivity contribution in [3.05, 3.63) is 223 Å². The standard InChI is InChI=1S/C56H38N4/c1-59-55(39-22-9-4-10-23-39)57-54(38-20-7-3-8-21-38)58-56(59)40-29-32-41(33-30-40)60-52-42-24-12-11-19-37(42)31-34-47(52)51-50-45-27-15-13-25-43(45)48(36-17-5-2-6-18-36)35-49(50)44-26-14-16-28-46(44)53(51)60/h2-35,55H,1H3. The Balaban J connectivity index is 1.14. The number of amidine groups is 2. The van der Waals surface area contributed by atoms with Crippen molar-refractivity contribution < 1.29 is 0 Å². The van der Waals surface area contributed by atoms with Crippen LogP contribution in [0.5, 0.6) is 0 Å². The van der Waals surface area contributed by atoms with Gasteiger partial charge in [0.1, 0.15) is 12.0 Å². The molecular formula is C56H38N4. The van der Waals surface area contributed by atoms with Gasteiger partial charge in [-0.3, -0.25) is 0 Å². The summed E-state index contributed by atoms with van der Waals surface area (Å²) in [6.07, 6.45) is -0.214. The summed E-state index contributed by atoms with van der Waals surface area (Å²) in [5.74, 6) is 1.62. The molecule has 0 saturated heterocycles. The molecule has 0 spiro atoms. The Labute approximate surface area is 347 Å². The van der Waals surface area contributed by atoms with Crippen molar-refractivity contribution in [3.63, 3.8) is 0 Å². The van der Waals surface area contributed by atoms with E-state index in [0.717, 1.165) is 34.0 Å². The van der Waals surface area contributed by atoms with Crippen molar-refractivity contribution in [3.8, 4) is 16.8 Å². The average Bonchev–Trinajstić information content (AvgIpc) is 3.68. The summed E-state index contributed by atoms with van der Waals surface area (Å²) in [6.45, 7) is 0. The number of nitrogens with zero attached hydrogens (tertiary/aromatic N) is 4. The third-order valence-corrected chi connectivity index (χ3v) is 12.4. The summed E-state index contributed by atoms with van der Waals surface area (Å²) in [7, 11) is 2.10. The molecule has 1 aliphatic rings. The van der Waals surface area contributed by atoms with Gasteiger partial charge < -0.3 is 9.47 Å². The van der Waals surface area contributed by atoms with Gasteiger partial charge in [0.25, 0.3) is 0 Å². The van der Waals surface area contributed by atoms with Crippen molar-refractivity contribution in [1.29, 1.82) is 0 Å². The Morgan fingerprint density at radius 3 is 1.75 bits per heavy atom. The monoisotopic (exact) mass is 766 g/mol. The maximum Gasteiger partial charge on any atom is 0.159 e. The van der Waals surface area contributed by atoms with E-state index in [-0.39, 0.29) is 6.17 Å². The zero-order valence-electron chi connectivity index (χ0n) is 33.0. The van der Waals surface area contributed by atoms with Crippen LogP contribution in [0.25, 0.3) is 81.7 Å². The minimum Gasteiger partial charge on any atom is -0.333 e. The molecule has 0 N–H and O–H groups in total. The molecule has 4 heteroatoms. The molecule has 60 heavy (non-hydrogen) atoms. The minimum absolute atomic E-state index is 0.214. The second-order valence-corrected chi connectivity index (χ2v) is 15.7. The van der Waals surface area contributed by atoms with Crippen LogP contribution in [0.3, 0.4) is 0 Å². The topological polar surface area (TPSA) is 32.9 Å². The molecular weight excluding hydrogens is 729 g/mol. The number of rotatable bonds is 5. The van der Waals surface area contributed by atoms with Gasteiger partial charge in [-0.25, -0.2) is 9.98 Å². The number of hydrogen-bond donors (Lipinski definition) is 0. The SMILES string of the molecule is CN1C(c2ccc(-n3c4c5ccccc5ccc4c4c5c6ccccc6c(-c6ccccc6)cc5c5ccccc5c43)cc2)=NC(c2ccccc2)=NC1c1ccccc1. The van der Waals surface area contributed by atoms with Gasteiger partial charge in [-0.15, -0.1) is 0 Å². The van der Waals surface area contributed by atoms with Crippen LogP contribution in [0.4, 0.5) is 0 Å². The maximum absolute atomic E-state index is 5.23. The molecule has 1 atom stereocenters. The normalized spacial score (nSPS) is 14.4. The number of aromatic nitrogens is 1. The highest BCUT2D eigenvalue weighted by molar-refractivity contribution is 6.39. The molecule has 0 fully saturated rings. The fraction of sp³-hybridized carbons (Fsp3) is 0.0357. The predicted molar refractivity (Wildman–Crippen MR) is 253 cm³/mol. The molecule has 12 rings (SSSR count). The molecule has 10 aromatic carbocycles. The van der Waals surface area contributed by atoms with Crippen molar-refractivity contribution in [2.24, 2.45) is 9.98 Å². The predicted octanol–water partition coefficient (Wildman–Crippen LogP) is 13.9. The Hall–Kier alpha value is -7.82. The smallest absolute Gasteiger partial charge is 0.159 e. The first-order chi connectivity index (χ1) is 29.7. The molecule has 1 aliphatic heterocycles. The van der Waals surface area contributed by atoms with E-state index in [2.05, 4.69) is 205 Å². The molecule has 0 radical (unpaired) electrons. The van der Waals surface area contributed by atoms with Crippen LogP contribution in [0, 0.1) is 0 Å². The van der Waals surface area contributed by atoms with Crippen LogP contribution < -0.4 is 0 Å². The number of aliphatic imine (C=N–C) groups is 2. The first-order valence-corrected chi connectivity index (χ1v) is 20.6. The van der Waals surface area contributed by atoms with Gasteiger partial charge in [0.15, 0.2) is 5.84 Å². The minimum atomic E-state index is -0.214. The van der Waals surface area contributed by atoms with Crippen LogP contribution in [0.15, 0.2) is 216 Å². The summed E-state index contributed by atoms with van der Waals surface area (Å²) in [5.41, 5.74) is 9.14. The average molecular weight is 767 g/mol. The van der Waals surface area contributed by atoms with E-state index in [1.165, 1.54) is 76.0 Å². The largest absolute Gasteiger partial charge is 0.333 e. The lowest BCUT2D eigenvalue weighted by Gasteiger charge is -2.32. The van der Waals surface area contributed by atoms with Crippen LogP contribution in [-0.4, -0.2) is 28.2 Å². The third kappa shape index (κ3) is 5.24. The number of fused-ring (bicyclic) bond motifs is 12. The zero-order chi connectivity index (χ0) is 39.7. The molecule has 0 aliphatic carbocycles. The summed E-state index contributed by atoms with van der Waals surface area (Å²) < 4.78 is 2.52.